The second-order valence-corrected chi connectivity index (χ2v) is 4.75. The lowest BCUT2D eigenvalue weighted by Gasteiger charge is -2.38. The van der Waals surface area contributed by atoms with Crippen molar-refractivity contribution in [3.63, 3.8) is 0 Å². The predicted molar refractivity (Wildman–Crippen MR) is 64.1 cm³/mol. The third-order valence-electron chi connectivity index (χ3n) is 2.71. The fourth-order valence-corrected chi connectivity index (χ4v) is 2.09. The van der Waals surface area contributed by atoms with Gasteiger partial charge in [-0.25, -0.2) is 0 Å². The molecule has 1 aromatic rings. The summed E-state index contributed by atoms with van der Waals surface area (Å²) in [6, 6.07) is 4.75. The van der Waals surface area contributed by atoms with Gasteiger partial charge in [0.1, 0.15) is 5.69 Å². The Morgan fingerprint density at radius 1 is 1.53 bits per heavy atom. The first-order valence-corrected chi connectivity index (χ1v) is 5.70. The Morgan fingerprint density at radius 3 is 2.71 bits per heavy atom. The zero-order valence-corrected chi connectivity index (χ0v) is 10.3. The monoisotopic (exact) mass is 300 g/mol. The van der Waals surface area contributed by atoms with Gasteiger partial charge in [-0.15, -0.1) is 0 Å². The summed E-state index contributed by atoms with van der Waals surface area (Å²) < 4.78 is 0.628. The van der Waals surface area contributed by atoms with Gasteiger partial charge in [0.15, 0.2) is 0 Å². The van der Waals surface area contributed by atoms with Crippen molar-refractivity contribution in [3.05, 3.63) is 32.8 Å². The maximum atomic E-state index is 10.9. The summed E-state index contributed by atoms with van der Waals surface area (Å²) in [4.78, 5) is 22.8. The molecule has 7 heteroatoms. The molecular weight excluding hydrogens is 292 g/mol. The van der Waals surface area contributed by atoms with E-state index in [9.17, 15) is 14.9 Å². The molecule has 6 nitrogen and oxygen atoms in total. The standard InChI is InChI=1S/C10H9BrN2O4/c11-7-1-2-8(9(3-7)13(16)17)12-4-6(5-12)10(14)15/h1-3,6H,4-5H2,(H,14,15). The van der Waals surface area contributed by atoms with E-state index in [4.69, 9.17) is 5.11 Å². The smallest absolute Gasteiger partial charge is 0.310 e. The molecule has 0 radical (unpaired) electrons. The van der Waals surface area contributed by atoms with E-state index >= 15 is 0 Å². The molecule has 1 aliphatic rings. The Morgan fingerprint density at radius 2 is 2.18 bits per heavy atom. The number of hydrogen-bond acceptors (Lipinski definition) is 4. The SMILES string of the molecule is O=C(O)C1CN(c2ccc(Br)cc2[N+](=O)[O-])C1. The molecule has 1 saturated heterocycles. The Hall–Kier alpha value is -1.63. The second kappa shape index (κ2) is 4.33. The van der Waals surface area contributed by atoms with Crippen LogP contribution in [0.5, 0.6) is 0 Å². The van der Waals surface area contributed by atoms with Crippen LogP contribution in [0.15, 0.2) is 22.7 Å². The lowest BCUT2D eigenvalue weighted by atomic mass is 9.99. The highest BCUT2D eigenvalue weighted by atomic mass is 79.9. The van der Waals surface area contributed by atoms with Crippen LogP contribution in [0, 0.1) is 16.0 Å². The topological polar surface area (TPSA) is 83.7 Å². The minimum Gasteiger partial charge on any atom is -0.481 e. The number of nitro benzene ring substituents is 1. The van der Waals surface area contributed by atoms with E-state index in [1.165, 1.54) is 6.07 Å². The second-order valence-electron chi connectivity index (χ2n) is 3.83. The summed E-state index contributed by atoms with van der Waals surface area (Å²) in [5.41, 5.74) is 0.457. The summed E-state index contributed by atoms with van der Waals surface area (Å²) in [6.07, 6.45) is 0. The number of hydrogen-bond donors (Lipinski definition) is 1. The minimum absolute atomic E-state index is 0.0109. The van der Waals surface area contributed by atoms with Gasteiger partial charge in [-0.2, -0.15) is 0 Å². The average molecular weight is 301 g/mol. The largest absolute Gasteiger partial charge is 0.481 e. The first kappa shape index (κ1) is 11.8. The maximum Gasteiger partial charge on any atom is 0.310 e. The van der Waals surface area contributed by atoms with Crippen LogP contribution in [0.3, 0.4) is 0 Å². The molecule has 2 rings (SSSR count). The van der Waals surface area contributed by atoms with Crippen molar-refractivity contribution in [2.45, 2.75) is 0 Å². The first-order valence-electron chi connectivity index (χ1n) is 4.90. The van der Waals surface area contributed by atoms with E-state index in [0.717, 1.165) is 0 Å². The number of carboxylic acid groups (broad SMARTS) is 1. The van der Waals surface area contributed by atoms with Gasteiger partial charge in [0.2, 0.25) is 0 Å². The van der Waals surface area contributed by atoms with Gasteiger partial charge in [0.25, 0.3) is 5.69 Å². The number of rotatable bonds is 3. The van der Waals surface area contributed by atoms with E-state index in [2.05, 4.69) is 15.9 Å². The zero-order chi connectivity index (χ0) is 12.6. The van der Waals surface area contributed by atoms with E-state index < -0.39 is 16.8 Å². The summed E-state index contributed by atoms with van der Waals surface area (Å²) in [6.45, 7) is 0.635. The van der Waals surface area contributed by atoms with Crippen molar-refractivity contribution in [3.8, 4) is 0 Å². The fraction of sp³-hybridized carbons (Fsp3) is 0.300. The number of anilines is 1. The number of benzene rings is 1. The van der Waals surface area contributed by atoms with Crippen molar-refractivity contribution in [2.75, 3.05) is 18.0 Å². The molecule has 90 valence electrons. The molecule has 0 unspecified atom stereocenters. The zero-order valence-electron chi connectivity index (χ0n) is 8.67. The maximum absolute atomic E-state index is 10.9. The summed E-state index contributed by atoms with van der Waals surface area (Å²) >= 11 is 3.17. The Labute approximate surface area is 105 Å². The number of carbonyl (C=O) groups is 1. The number of carboxylic acids is 1. The Bertz CT molecular complexity index is 485. The fourth-order valence-electron chi connectivity index (χ4n) is 1.74. The summed E-state index contributed by atoms with van der Waals surface area (Å²) in [7, 11) is 0. The van der Waals surface area contributed by atoms with Crippen LogP contribution in [0.2, 0.25) is 0 Å². The number of nitro groups is 1. The molecule has 0 bridgehead atoms. The normalized spacial score (nSPS) is 15.5. The lowest BCUT2D eigenvalue weighted by Crippen LogP contribution is -2.50. The quantitative estimate of drug-likeness (QED) is 0.680. The van der Waals surface area contributed by atoms with Crippen LogP contribution in [0.25, 0.3) is 0 Å². The molecule has 0 saturated carbocycles. The van der Waals surface area contributed by atoms with Gasteiger partial charge in [-0.3, -0.25) is 14.9 Å². The summed E-state index contributed by atoms with van der Waals surface area (Å²) in [5.74, 6) is -1.29. The third-order valence-corrected chi connectivity index (χ3v) is 3.20. The summed E-state index contributed by atoms with van der Waals surface area (Å²) in [5, 5.41) is 19.6. The van der Waals surface area contributed by atoms with Gasteiger partial charge in [0, 0.05) is 23.6 Å². The highest BCUT2D eigenvalue weighted by Gasteiger charge is 2.35. The number of aliphatic carboxylic acids is 1. The van der Waals surface area contributed by atoms with Crippen LogP contribution < -0.4 is 4.90 Å². The van der Waals surface area contributed by atoms with Gasteiger partial charge in [0.05, 0.1) is 10.8 Å². The van der Waals surface area contributed by atoms with Crippen molar-refractivity contribution in [2.24, 2.45) is 5.92 Å². The van der Waals surface area contributed by atoms with Gasteiger partial charge in [-0.1, -0.05) is 15.9 Å². The Balaban J connectivity index is 2.23. The van der Waals surface area contributed by atoms with Crippen molar-refractivity contribution in [1.29, 1.82) is 0 Å². The average Bonchev–Trinajstić information content (AvgIpc) is 2.16. The lowest BCUT2D eigenvalue weighted by molar-refractivity contribution is -0.384. The van der Waals surface area contributed by atoms with Crippen molar-refractivity contribution >= 4 is 33.3 Å². The van der Waals surface area contributed by atoms with E-state index in [-0.39, 0.29) is 5.69 Å². The molecular formula is C10H9BrN2O4. The van der Waals surface area contributed by atoms with Crippen LogP contribution in [0.4, 0.5) is 11.4 Å². The molecule has 17 heavy (non-hydrogen) atoms. The highest BCUT2D eigenvalue weighted by Crippen LogP contribution is 2.35. The highest BCUT2D eigenvalue weighted by molar-refractivity contribution is 9.10. The first-order chi connectivity index (χ1) is 7.99. The van der Waals surface area contributed by atoms with Crippen LogP contribution >= 0.6 is 15.9 Å². The predicted octanol–water partition coefficient (Wildman–Crippen LogP) is 1.88. The molecule has 1 heterocycles. The van der Waals surface area contributed by atoms with E-state index in [1.54, 1.807) is 17.0 Å². The molecule has 0 atom stereocenters. The molecule has 0 spiro atoms. The Kier molecular flexibility index (Phi) is 3.01. The van der Waals surface area contributed by atoms with E-state index in [1.807, 2.05) is 0 Å². The van der Waals surface area contributed by atoms with Crippen molar-refractivity contribution < 1.29 is 14.8 Å². The van der Waals surface area contributed by atoms with E-state index in [0.29, 0.717) is 23.2 Å². The van der Waals surface area contributed by atoms with Crippen LogP contribution in [0.1, 0.15) is 0 Å². The van der Waals surface area contributed by atoms with Crippen molar-refractivity contribution in [1.82, 2.24) is 0 Å². The molecule has 1 N–H and O–H groups in total. The third kappa shape index (κ3) is 2.23. The van der Waals surface area contributed by atoms with Crippen LogP contribution in [-0.2, 0) is 4.79 Å². The molecule has 0 amide bonds. The molecule has 1 aromatic carbocycles. The van der Waals surface area contributed by atoms with Crippen LogP contribution in [-0.4, -0.2) is 29.1 Å². The molecule has 1 aliphatic heterocycles. The van der Waals surface area contributed by atoms with Gasteiger partial charge < -0.3 is 10.0 Å². The molecule has 0 aromatic heterocycles. The molecule has 0 aliphatic carbocycles. The minimum atomic E-state index is -0.860. The number of halogens is 1. The number of nitrogens with zero attached hydrogens (tertiary/aromatic N) is 2. The van der Waals surface area contributed by atoms with Gasteiger partial charge in [-0.05, 0) is 12.1 Å². The molecule has 1 fully saturated rings. The van der Waals surface area contributed by atoms with Gasteiger partial charge >= 0.3 is 5.97 Å².